The van der Waals surface area contributed by atoms with Crippen molar-refractivity contribution in [1.82, 2.24) is 0 Å². The molecule has 0 bridgehead atoms. The van der Waals surface area contributed by atoms with Crippen LogP contribution in [0.15, 0.2) is 40.9 Å². The summed E-state index contributed by atoms with van der Waals surface area (Å²) < 4.78 is 17.2. The molecule has 0 atom stereocenters. The number of ether oxygens (including phenoxy) is 3. The average Bonchev–Trinajstić information content (AvgIpc) is 2.63. The Hall–Kier alpha value is -2.21. The van der Waals surface area contributed by atoms with Gasteiger partial charge in [0.25, 0.3) is 0 Å². The molecular weight excluding hydrogens is 398 g/mol. The lowest BCUT2D eigenvalue weighted by Gasteiger charge is -2.15. The van der Waals surface area contributed by atoms with Crippen LogP contribution in [0.3, 0.4) is 0 Å². The first-order valence-electron chi connectivity index (χ1n) is 8.68. The van der Waals surface area contributed by atoms with E-state index in [0.29, 0.717) is 31.9 Å². The van der Waals surface area contributed by atoms with E-state index < -0.39 is 0 Å². The highest BCUT2D eigenvalue weighted by molar-refractivity contribution is 9.10. The minimum absolute atomic E-state index is 0.309. The van der Waals surface area contributed by atoms with Gasteiger partial charge in [-0.2, -0.15) is 0 Å². The average molecular weight is 422 g/mol. The lowest BCUT2D eigenvalue weighted by Crippen LogP contribution is -2.05. The normalized spacial score (nSPS) is 10.3. The summed E-state index contributed by atoms with van der Waals surface area (Å²) in [7, 11) is 0. The van der Waals surface area contributed by atoms with E-state index in [9.17, 15) is 4.79 Å². The van der Waals surface area contributed by atoms with Crippen LogP contribution >= 0.6 is 15.9 Å². The quantitative estimate of drug-likeness (QED) is 0.574. The molecule has 0 fully saturated rings. The fraction of sp³-hybridized carbons (Fsp3) is 0.350. The van der Waals surface area contributed by atoms with Crippen molar-refractivity contribution in [3.8, 4) is 11.5 Å². The van der Waals surface area contributed by atoms with Gasteiger partial charge in [-0.25, -0.2) is 4.79 Å². The van der Waals surface area contributed by atoms with Crippen molar-refractivity contribution < 1.29 is 19.0 Å². The fourth-order valence-electron chi connectivity index (χ4n) is 2.41. The Balaban J connectivity index is 2.08. The van der Waals surface area contributed by atoms with E-state index in [4.69, 9.17) is 14.2 Å². The maximum absolute atomic E-state index is 11.7. The van der Waals surface area contributed by atoms with Gasteiger partial charge in [-0.3, -0.25) is 0 Å². The molecule has 140 valence electrons. The summed E-state index contributed by atoms with van der Waals surface area (Å²) in [4.78, 5) is 11.7. The van der Waals surface area contributed by atoms with Crippen LogP contribution in [0.1, 0.15) is 36.7 Å². The summed E-state index contributed by atoms with van der Waals surface area (Å²) in [6, 6.07) is 11.2. The molecule has 0 heterocycles. The molecular formula is C20H24BrNO4. The number of hydrogen-bond acceptors (Lipinski definition) is 5. The molecule has 0 saturated heterocycles. The van der Waals surface area contributed by atoms with E-state index >= 15 is 0 Å². The van der Waals surface area contributed by atoms with Crippen LogP contribution in [-0.2, 0) is 11.3 Å². The molecule has 2 rings (SSSR count). The first-order chi connectivity index (χ1) is 12.6. The van der Waals surface area contributed by atoms with Crippen LogP contribution in [0.2, 0.25) is 0 Å². The largest absolute Gasteiger partial charge is 0.490 e. The molecule has 0 aliphatic heterocycles. The van der Waals surface area contributed by atoms with Gasteiger partial charge in [-0.05, 0) is 78.7 Å². The molecule has 0 spiro atoms. The standard InChI is InChI=1S/C20H24BrNO4/c1-4-24-18-12-14(11-17(21)19(18)25-5-2)13-22-16-9-7-15(8-10-16)20(23)26-6-3/h7-12,22H,4-6,13H2,1-3H3. The van der Waals surface area contributed by atoms with Crippen LogP contribution in [0.5, 0.6) is 11.5 Å². The van der Waals surface area contributed by atoms with Crippen LogP contribution in [0, 0.1) is 0 Å². The molecule has 0 unspecified atom stereocenters. The van der Waals surface area contributed by atoms with E-state index in [-0.39, 0.29) is 5.97 Å². The zero-order chi connectivity index (χ0) is 18.9. The summed E-state index contributed by atoms with van der Waals surface area (Å²) >= 11 is 3.55. The zero-order valence-corrected chi connectivity index (χ0v) is 16.9. The first kappa shape index (κ1) is 20.1. The molecule has 0 radical (unpaired) electrons. The number of anilines is 1. The van der Waals surface area contributed by atoms with Gasteiger partial charge in [0, 0.05) is 12.2 Å². The second-order valence-corrected chi connectivity index (χ2v) is 6.28. The highest BCUT2D eigenvalue weighted by Gasteiger charge is 2.12. The van der Waals surface area contributed by atoms with Crippen molar-refractivity contribution in [2.45, 2.75) is 27.3 Å². The molecule has 0 saturated carbocycles. The molecule has 1 N–H and O–H groups in total. The lowest BCUT2D eigenvalue weighted by molar-refractivity contribution is 0.0526. The molecule has 0 amide bonds. The zero-order valence-electron chi connectivity index (χ0n) is 15.3. The summed E-state index contributed by atoms with van der Waals surface area (Å²) in [5.41, 5.74) is 2.51. The molecule has 6 heteroatoms. The number of nitrogens with one attached hydrogen (secondary N) is 1. The summed E-state index contributed by atoms with van der Waals surface area (Å²) in [5, 5.41) is 3.34. The number of carbonyl (C=O) groups excluding carboxylic acids is 1. The minimum atomic E-state index is -0.309. The number of benzene rings is 2. The van der Waals surface area contributed by atoms with Gasteiger partial charge in [-0.1, -0.05) is 0 Å². The summed E-state index contributed by atoms with van der Waals surface area (Å²) in [5.74, 6) is 1.13. The van der Waals surface area contributed by atoms with Gasteiger partial charge >= 0.3 is 5.97 Å². The number of rotatable bonds is 9. The SMILES string of the molecule is CCOC(=O)c1ccc(NCc2cc(Br)c(OCC)c(OCC)c2)cc1. The van der Waals surface area contributed by atoms with Crippen molar-refractivity contribution in [2.24, 2.45) is 0 Å². The smallest absolute Gasteiger partial charge is 0.338 e. The molecule has 26 heavy (non-hydrogen) atoms. The van der Waals surface area contributed by atoms with Crippen LogP contribution in [0.25, 0.3) is 0 Å². The van der Waals surface area contributed by atoms with Crippen LogP contribution in [0.4, 0.5) is 5.69 Å². The van der Waals surface area contributed by atoms with Gasteiger partial charge in [0.15, 0.2) is 11.5 Å². The van der Waals surface area contributed by atoms with Crippen molar-refractivity contribution in [3.63, 3.8) is 0 Å². The van der Waals surface area contributed by atoms with Crippen molar-refractivity contribution in [1.29, 1.82) is 0 Å². The predicted octanol–water partition coefficient (Wildman–Crippen LogP) is 5.04. The van der Waals surface area contributed by atoms with Gasteiger partial charge in [0.2, 0.25) is 0 Å². The second kappa shape index (κ2) is 10.1. The maximum Gasteiger partial charge on any atom is 0.338 e. The lowest BCUT2D eigenvalue weighted by atomic mass is 10.1. The molecule has 5 nitrogen and oxygen atoms in total. The van der Waals surface area contributed by atoms with Gasteiger partial charge in [-0.15, -0.1) is 0 Å². The van der Waals surface area contributed by atoms with E-state index in [1.807, 2.05) is 38.1 Å². The van der Waals surface area contributed by atoms with Crippen molar-refractivity contribution in [2.75, 3.05) is 25.1 Å². The highest BCUT2D eigenvalue weighted by atomic mass is 79.9. The number of hydrogen-bond donors (Lipinski definition) is 1. The monoisotopic (exact) mass is 421 g/mol. The molecule has 2 aromatic rings. The van der Waals surface area contributed by atoms with Crippen LogP contribution in [-0.4, -0.2) is 25.8 Å². The van der Waals surface area contributed by atoms with Gasteiger partial charge in [0.05, 0.1) is 29.9 Å². The van der Waals surface area contributed by atoms with E-state index in [1.54, 1.807) is 19.1 Å². The first-order valence-corrected chi connectivity index (χ1v) is 9.47. The van der Waals surface area contributed by atoms with Gasteiger partial charge < -0.3 is 19.5 Å². The van der Waals surface area contributed by atoms with E-state index in [1.165, 1.54) is 0 Å². The number of halogens is 1. The molecule has 0 aliphatic rings. The Kier molecular flexibility index (Phi) is 7.78. The Morgan fingerprint density at radius 1 is 1.00 bits per heavy atom. The fourth-order valence-corrected chi connectivity index (χ4v) is 3.02. The highest BCUT2D eigenvalue weighted by Crippen LogP contribution is 2.37. The van der Waals surface area contributed by atoms with Crippen molar-refractivity contribution >= 4 is 27.6 Å². The Morgan fingerprint density at radius 3 is 2.31 bits per heavy atom. The minimum Gasteiger partial charge on any atom is -0.490 e. The Morgan fingerprint density at radius 2 is 1.69 bits per heavy atom. The topological polar surface area (TPSA) is 56.8 Å². The van der Waals surface area contributed by atoms with E-state index in [2.05, 4.69) is 21.2 Å². The third-order valence-electron chi connectivity index (χ3n) is 3.55. The molecule has 0 aromatic heterocycles. The van der Waals surface area contributed by atoms with Crippen molar-refractivity contribution in [3.05, 3.63) is 52.0 Å². The maximum atomic E-state index is 11.7. The molecule has 0 aliphatic carbocycles. The van der Waals surface area contributed by atoms with Gasteiger partial charge in [0.1, 0.15) is 0 Å². The Labute approximate surface area is 162 Å². The Bertz CT molecular complexity index is 731. The number of esters is 1. The predicted molar refractivity (Wildman–Crippen MR) is 106 cm³/mol. The third-order valence-corrected chi connectivity index (χ3v) is 4.14. The summed E-state index contributed by atoms with van der Waals surface area (Å²) in [6.07, 6.45) is 0. The number of carbonyl (C=O) groups is 1. The third kappa shape index (κ3) is 5.39. The summed E-state index contributed by atoms with van der Waals surface area (Å²) in [6.45, 7) is 7.80. The molecule has 2 aromatic carbocycles. The second-order valence-electron chi connectivity index (χ2n) is 5.42. The van der Waals surface area contributed by atoms with E-state index in [0.717, 1.165) is 27.2 Å². The van der Waals surface area contributed by atoms with Crippen LogP contribution < -0.4 is 14.8 Å².